The SMILES string of the molecule is CCC#CC(O)C(CC)C(C)O. The Morgan fingerprint density at radius 3 is 2.17 bits per heavy atom. The van der Waals surface area contributed by atoms with E-state index < -0.39 is 12.2 Å². The highest BCUT2D eigenvalue weighted by molar-refractivity contribution is 5.06. The monoisotopic (exact) mass is 170 g/mol. The van der Waals surface area contributed by atoms with Crippen LogP contribution in [0.3, 0.4) is 0 Å². The fourth-order valence-electron chi connectivity index (χ4n) is 1.14. The molecule has 0 amide bonds. The summed E-state index contributed by atoms with van der Waals surface area (Å²) in [6.45, 7) is 5.56. The largest absolute Gasteiger partial charge is 0.393 e. The van der Waals surface area contributed by atoms with Gasteiger partial charge in [-0.25, -0.2) is 0 Å². The molecule has 0 heterocycles. The Balaban J connectivity index is 4.11. The molecule has 70 valence electrons. The zero-order valence-electron chi connectivity index (χ0n) is 8.04. The van der Waals surface area contributed by atoms with E-state index in [9.17, 15) is 10.2 Å². The van der Waals surface area contributed by atoms with Gasteiger partial charge in [0.05, 0.1) is 6.10 Å². The van der Waals surface area contributed by atoms with Gasteiger partial charge in [0.25, 0.3) is 0 Å². The minimum atomic E-state index is -0.685. The Hall–Kier alpha value is -0.520. The minimum Gasteiger partial charge on any atom is -0.393 e. The number of hydrogen-bond acceptors (Lipinski definition) is 2. The van der Waals surface area contributed by atoms with Crippen LogP contribution in [-0.2, 0) is 0 Å². The highest BCUT2D eigenvalue weighted by Crippen LogP contribution is 2.12. The van der Waals surface area contributed by atoms with Gasteiger partial charge in [-0.1, -0.05) is 19.8 Å². The first-order chi connectivity index (χ1) is 5.63. The first-order valence-corrected chi connectivity index (χ1v) is 4.48. The van der Waals surface area contributed by atoms with Crippen LogP contribution in [0, 0.1) is 17.8 Å². The smallest absolute Gasteiger partial charge is 0.120 e. The normalized spacial score (nSPS) is 17.4. The van der Waals surface area contributed by atoms with Crippen LogP contribution in [0.2, 0.25) is 0 Å². The molecule has 0 aliphatic heterocycles. The highest BCUT2D eigenvalue weighted by atomic mass is 16.3. The van der Waals surface area contributed by atoms with Crippen molar-refractivity contribution >= 4 is 0 Å². The van der Waals surface area contributed by atoms with Crippen molar-refractivity contribution in [2.75, 3.05) is 0 Å². The van der Waals surface area contributed by atoms with Gasteiger partial charge in [-0.2, -0.15) is 0 Å². The molecule has 0 aliphatic rings. The maximum Gasteiger partial charge on any atom is 0.120 e. The van der Waals surface area contributed by atoms with Gasteiger partial charge < -0.3 is 10.2 Å². The number of aliphatic hydroxyl groups is 2. The van der Waals surface area contributed by atoms with Gasteiger partial charge in [-0.3, -0.25) is 0 Å². The van der Waals surface area contributed by atoms with Gasteiger partial charge in [-0.05, 0) is 13.3 Å². The van der Waals surface area contributed by atoms with Crippen molar-refractivity contribution in [1.82, 2.24) is 0 Å². The lowest BCUT2D eigenvalue weighted by Gasteiger charge is -2.19. The summed E-state index contributed by atoms with van der Waals surface area (Å²) >= 11 is 0. The quantitative estimate of drug-likeness (QED) is 0.624. The van der Waals surface area contributed by atoms with Gasteiger partial charge in [0.2, 0.25) is 0 Å². The molecule has 0 aromatic heterocycles. The van der Waals surface area contributed by atoms with Crippen LogP contribution >= 0.6 is 0 Å². The van der Waals surface area contributed by atoms with Crippen LogP contribution < -0.4 is 0 Å². The van der Waals surface area contributed by atoms with Crippen LogP contribution in [0.1, 0.15) is 33.6 Å². The van der Waals surface area contributed by atoms with Crippen LogP contribution in [0.4, 0.5) is 0 Å². The Morgan fingerprint density at radius 2 is 1.83 bits per heavy atom. The molecular weight excluding hydrogens is 152 g/mol. The zero-order valence-corrected chi connectivity index (χ0v) is 8.04. The molecule has 0 fully saturated rings. The molecule has 0 bridgehead atoms. The van der Waals surface area contributed by atoms with E-state index >= 15 is 0 Å². The number of aliphatic hydroxyl groups excluding tert-OH is 2. The van der Waals surface area contributed by atoms with E-state index in [1.54, 1.807) is 6.92 Å². The van der Waals surface area contributed by atoms with E-state index in [4.69, 9.17) is 0 Å². The maximum absolute atomic E-state index is 9.48. The Kier molecular flexibility index (Phi) is 5.79. The standard InChI is InChI=1S/C10H18O2/c1-4-6-7-10(12)9(5-2)8(3)11/h8-12H,4-5H2,1-3H3. The molecule has 0 saturated carbocycles. The topological polar surface area (TPSA) is 40.5 Å². The van der Waals surface area contributed by atoms with E-state index in [1.165, 1.54) is 0 Å². The first-order valence-electron chi connectivity index (χ1n) is 4.48. The summed E-state index contributed by atoms with van der Waals surface area (Å²) < 4.78 is 0. The molecule has 3 atom stereocenters. The summed E-state index contributed by atoms with van der Waals surface area (Å²) in [5.41, 5.74) is 0. The van der Waals surface area contributed by atoms with Gasteiger partial charge in [0, 0.05) is 12.3 Å². The van der Waals surface area contributed by atoms with E-state index in [2.05, 4.69) is 11.8 Å². The summed E-state index contributed by atoms with van der Waals surface area (Å²) in [7, 11) is 0. The predicted molar refractivity (Wildman–Crippen MR) is 49.5 cm³/mol. The van der Waals surface area contributed by atoms with Crippen molar-refractivity contribution in [2.24, 2.45) is 5.92 Å². The molecule has 0 rings (SSSR count). The highest BCUT2D eigenvalue weighted by Gasteiger charge is 2.19. The van der Waals surface area contributed by atoms with E-state index in [1.807, 2.05) is 13.8 Å². The zero-order chi connectivity index (χ0) is 9.56. The molecule has 0 aromatic rings. The van der Waals surface area contributed by atoms with Crippen molar-refractivity contribution in [3.63, 3.8) is 0 Å². The second-order valence-corrected chi connectivity index (χ2v) is 2.93. The average molecular weight is 170 g/mol. The maximum atomic E-state index is 9.48. The first kappa shape index (κ1) is 11.5. The summed E-state index contributed by atoms with van der Waals surface area (Å²) in [6, 6.07) is 0. The fourth-order valence-corrected chi connectivity index (χ4v) is 1.14. The lowest BCUT2D eigenvalue weighted by Crippen LogP contribution is -2.28. The molecular formula is C10H18O2. The van der Waals surface area contributed by atoms with Crippen LogP contribution in [0.15, 0.2) is 0 Å². The van der Waals surface area contributed by atoms with Crippen molar-refractivity contribution < 1.29 is 10.2 Å². The van der Waals surface area contributed by atoms with Crippen molar-refractivity contribution in [3.8, 4) is 11.8 Å². The predicted octanol–water partition coefficient (Wildman–Crippen LogP) is 1.17. The molecule has 0 aromatic carbocycles. The fraction of sp³-hybridized carbons (Fsp3) is 0.800. The lowest BCUT2D eigenvalue weighted by molar-refractivity contribution is 0.0486. The average Bonchev–Trinajstić information content (AvgIpc) is 2.01. The van der Waals surface area contributed by atoms with Gasteiger partial charge >= 0.3 is 0 Å². The van der Waals surface area contributed by atoms with Crippen LogP contribution in [0.25, 0.3) is 0 Å². The van der Waals surface area contributed by atoms with Gasteiger partial charge in [-0.15, -0.1) is 5.92 Å². The summed E-state index contributed by atoms with van der Waals surface area (Å²) in [5, 5.41) is 18.7. The molecule has 0 radical (unpaired) electrons. The molecule has 2 N–H and O–H groups in total. The van der Waals surface area contributed by atoms with Crippen molar-refractivity contribution in [2.45, 2.75) is 45.8 Å². The summed E-state index contributed by atoms with van der Waals surface area (Å²) in [6.07, 6.45) is 0.316. The van der Waals surface area contributed by atoms with Crippen molar-refractivity contribution in [1.29, 1.82) is 0 Å². The molecule has 0 aliphatic carbocycles. The third kappa shape index (κ3) is 3.75. The van der Waals surface area contributed by atoms with E-state index in [-0.39, 0.29) is 5.92 Å². The Bertz CT molecular complexity index is 164. The molecule has 2 heteroatoms. The number of hydrogen-bond donors (Lipinski definition) is 2. The van der Waals surface area contributed by atoms with E-state index in [0.717, 1.165) is 12.8 Å². The van der Waals surface area contributed by atoms with Crippen molar-refractivity contribution in [3.05, 3.63) is 0 Å². The second-order valence-electron chi connectivity index (χ2n) is 2.93. The Morgan fingerprint density at radius 1 is 1.25 bits per heavy atom. The minimum absolute atomic E-state index is 0.121. The molecule has 12 heavy (non-hydrogen) atoms. The molecule has 3 unspecified atom stereocenters. The number of rotatable bonds is 3. The van der Waals surface area contributed by atoms with Crippen LogP contribution in [0.5, 0.6) is 0 Å². The molecule has 2 nitrogen and oxygen atoms in total. The third-order valence-electron chi connectivity index (χ3n) is 1.92. The lowest BCUT2D eigenvalue weighted by atomic mass is 9.94. The molecule has 0 saturated heterocycles. The second kappa shape index (κ2) is 6.05. The van der Waals surface area contributed by atoms with Gasteiger partial charge in [0.1, 0.15) is 6.10 Å². The van der Waals surface area contributed by atoms with Gasteiger partial charge in [0.15, 0.2) is 0 Å². The third-order valence-corrected chi connectivity index (χ3v) is 1.92. The summed E-state index contributed by atoms with van der Waals surface area (Å²) in [5.74, 6) is 5.40. The molecule has 0 spiro atoms. The van der Waals surface area contributed by atoms with Crippen LogP contribution in [-0.4, -0.2) is 22.4 Å². The van der Waals surface area contributed by atoms with E-state index in [0.29, 0.717) is 0 Å². The Labute approximate surface area is 74.6 Å². The summed E-state index contributed by atoms with van der Waals surface area (Å²) in [4.78, 5) is 0.